The predicted molar refractivity (Wildman–Crippen MR) is 158 cm³/mol. The second kappa shape index (κ2) is 12.8. The van der Waals surface area contributed by atoms with Gasteiger partial charge in [0.25, 0.3) is 0 Å². The Kier molecular flexibility index (Phi) is 8.65. The number of benzene rings is 3. The van der Waals surface area contributed by atoms with Crippen LogP contribution in [0, 0.1) is 12.7 Å². The van der Waals surface area contributed by atoms with Crippen molar-refractivity contribution in [3.05, 3.63) is 103 Å². The van der Waals surface area contributed by atoms with Crippen LogP contribution in [0.4, 0.5) is 29.2 Å². The normalized spacial score (nSPS) is 11.1. The number of carboxylic acid groups (broad SMARTS) is 1. The van der Waals surface area contributed by atoms with Crippen molar-refractivity contribution in [3.8, 4) is 34.0 Å². The number of halogens is 4. The maximum atomic E-state index is 14.4. The molecule has 0 amide bonds. The Hall–Kier alpha value is -5.92. The number of aryl methyl sites for hydroxylation is 1. The number of alkyl halides is 3. The molecular formula is C31H23F4N7O3. The van der Waals surface area contributed by atoms with E-state index in [1.807, 2.05) is 67.6 Å². The quantitative estimate of drug-likeness (QED) is 0.195. The van der Waals surface area contributed by atoms with Crippen molar-refractivity contribution in [2.24, 2.45) is 0 Å². The molecule has 6 aromatic rings. The van der Waals surface area contributed by atoms with Gasteiger partial charge in [-0.25, -0.2) is 28.8 Å². The van der Waals surface area contributed by atoms with E-state index < -0.39 is 18.0 Å². The molecule has 10 nitrogen and oxygen atoms in total. The first kappa shape index (κ1) is 30.5. The van der Waals surface area contributed by atoms with Gasteiger partial charge in [0.1, 0.15) is 6.33 Å². The predicted octanol–water partition coefficient (Wildman–Crippen LogP) is 6.77. The van der Waals surface area contributed by atoms with Gasteiger partial charge in [0.2, 0.25) is 5.95 Å². The minimum absolute atomic E-state index is 0.198. The SMILES string of the molecule is COc1ccc(-c2cccc3cnc(Nc4ccc(-n5cnc(-c6ccc(C)nc6)n5)cc4)nc23)cc1F.O=C(O)C(F)(F)F. The zero-order chi connectivity index (χ0) is 32.1. The van der Waals surface area contributed by atoms with Crippen molar-refractivity contribution in [3.63, 3.8) is 0 Å². The number of fused-ring (bicyclic) bond motifs is 1. The topological polar surface area (TPSA) is 128 Å². The highest BCUT2D eigenvalue weighted by atomic mass is 19.4. The molecule has 45 heavy (non-hydrogen) atoms. The van der Waals surface area contributed by atoms with Gasteiger partial charge in [-0.15, -0.1) is 5.10 Å². The zero-order valence-electron chi connectivity index (χ0n) is 23.6. The lowest BCUT2D eigenvalue weighted by Gasteiger charge is -2.10. The molecule has 0 spiro atoms. The van der Waals surface area contributed by atoms with Crippen LogP contribution < -0.4 is 10.1 Å². The van der Waals surface area contributed by atoms with Crippen molar-refractivity contribution in [2.75, 3.05) is 12.4 Å². The summed E-state index contributed by atoms with van der Waals surface area (Å²) in [5, 5.41) is 15.8. The van der Waals surface area contributed by atoms with Crippen LogP contribution in [0.3, 0.4) is 0 Å². The molecule has 0 bridgehead atoms. The van der Waals surface area contributed by atoms with Gasteiger partial charge in [-0.05, 0) is 61.0 Å². The minimum atomic E-state index is -5.08. The van der Waals surface area contributed by atoms with Crippen molar-refractivity contribution in [2.45, 2.75) is 13.1 Å². The van der Waals surface area contributed by atoms with Gasteiger partial charge in [-0.1, -0.05) is 24.3 Å². The van der Waals surface area contributed by atoms with Crippen molar-refractivity contribution >= 4 is 28.5 Å². The first-order valence-electron chi connectivity index (χ1n) is 13.1. The first-order chi connectivity index (χ1) is 21.5. The maximum Gasteiger partial charge on any atom is 0.490 e. The fourth-order valence-corrected chi connectivity index (χ4v) is 4.13. The lowest BCUT2D eigenvalue weighted by Crippen LogP contribution is -2.21. The highest BCUT2D eigenvalue weighted by molar-refractivity contribution is 5.94. The summed E-state index contributed by atoms with van der Waals surface area (Å²) in [6, 6.07) is 22.2. The summed E-state index contributed by atoms with van der Waals surface area (Å²) in [6.45, 7) is 1.94. The standard InChI is InChI=1S/C29H22FN7O.C2HF3O2/c1-18-6-7-21(16-31-18)28-33-17-37(36-28)23-11-9-22(10-12-23)34-29-32-15-20-4-3-5-24(27(20)35-29)19-8-13-26(38-2)25(30)14-19;3-2(4,5)1(6)7/h3-17H,1-2H3,(H,32,34,35);(H,6,7). The fraction of sp³-hybridized carbons (Fsp3) is 0.0968. The van der Waals surface area contributed by atoms with Crippen LogP contribution in [0.2, 0.25) is 0 Å². The van der Waals surface area contributed by atoms with Crippen LogP contribution >= 0.6 is 0 Å². The van der Waals surface area contributed by atoms with Crippen LogP contribution in [0.5, 0.6) is 5.75 Å². The molecule has 0 unspecified atom stereocenters. The van der Waals surface area contributed by atoms with Crippen LogP contribution in [0.15, 0.2) is 91.5 Å². The summed E-state index contributed by atoms with van der Waals surface area (Å²) >= 11 is 0. The van der Waals surface area contributed by atoms with Gasteiger partial charge in [-0.2, -0.15) is 13.2 Å². The number of rotatable bonds is 6. The summed E-state index contributed by atoms with van der Waals surface area (Å²) in [6.07, 6.45) is 0.106. The number of ether oxygens (including phenoxy) is 1. The molecule has 0 saturated heterocycles. The second-order valence-electron chi connectivity index (χ2n) is 9.46. The fourth-order valence-electron chi connectivity index (χ4n) is 4.13. The van der Waals surface area contributed by atoms with Crippen LogP contribution in [0.25, 0.3) is 39.1 Å². The summed E-state index contributed by atoms with van der Waals surface area (Å²) < 4.78 is 52.9. The summed E-state index contributed by atoms with van der Waals surface area (Å²) in [5.41, 5.74) is 5.69. The Bertz CT molecular complexity index is 1960. The Morgan fingerprint density at radius 1 is 0.933 bits per heavy atom. The summed E-state index contributed by atoms with van der Waals surface area (Å²) in [5.74, 6) is -1.95. The van der Waals surface area contributed by atoms with Gasteiger partial charge in [0.05, 0.1) is 18.3 Å². The Labute approximate surface area is 253 Å². The number of carboxylic acids is 1. The van der Waals surface area contributed by atoms with Gasteiger partial charge in [-0.3, -0.25) is 4.98 Å². The molecule has 2 N–H and O–H groups in total. The van der Waals surface area contributed by atoms with Gasteiger partial charge in [0, 0.05) is 40.3 Å². The Balaban J connectivity index is 0.000000515. The van der Waals surface area contributed by atoms with E-state index in [9.17, 15) is 17.6 Å². The number of aromatic nitrogens is 6. The van der Waals surface area contributed by atoms with E-state index in [4.69, 9.17) is 19.6 Å². The second-order valence-corrected chi connectivity index (χ2v) is 9.46. The smallest absolute Gasteiger partial charge is 0.490 e. The van der Waals surface area contributed by atoms with Crippen molar-refractivity contribution < 1.29 is 32.2 Å². The van der Waals surface area contributed by atoms with Crippen LogP contribution in [-0.2, 0) is 4.79 Å². The number of nitrogens with zero attached hydrogens (tertiary/aromatic N) is 6. The van der Waals surface area contributed by atoms with Crippen molar-refractivity contribution in [1.29, 1.82) is 0 Å². The average molecular weight is 618 g/mol. The number of anilines is 2. The molecule has 3 heterocycles. The number of para-hydroxylation sites is 1. The summed E-state index contributed by atoms with van der Waals surface area (Å²) in [7, 11) is 1.44. The monoisotopic (exact) mass is 617 g/mol. The van der Waals surface area contributed by atoms with Gasteiger partial charge in [0.15, 0.2) is 17.4 Å². The average Bonchev–Trinajstić information content (AvgIpc) is 3.52. The molecule has 0 aliphatic rings. The third-order valence-electron chi connectivity index (χ3n) is 6.37. The molecule has 0 fully saturated rings. The van der Waals surface area contributed by atoms with Crippen LogP contribution in [0.1, 0.15) is 5.69 Å². The molecule has 0 radical (unpaired) electrons. The van der Waals surface area contributed by atoms with Gasteiger partial charge < -0.3 is 15.2 Å². The Morgan fingerprint density at radius 2 is 1.67 bits per heavy atom. The number of nitrogens with one attached hydrogen (secondary N) is 1. The third-order valence-corrected chi connectivity index (χ3v) is 6.37. The van der Waals surface area contributed by atoms with E-state index in [1.54, 1.807) is 29.5 Å². The molecule has 3 aromatic heterocycles. The Morgan fingerprint density at radius 3 is 2.31 bits per heavy atom. The maximum absolute atomic E-state index is 14.4. The number of methoxy groups -OCH3 is 1. The lowest BCUT2D eigenvalue weighted by molar-refractivity contribution is -0.192. The van der Waals surface area contributed by atoms with E-state index in [0.717, 1.165) is 33.6 Å². The number of hydrogen-bond donors (Lipinski definition) is 2. The molecule has 0 atom stereocenters. The number of carbonyl (C=O) groups is 1. The van der Waals surface area contributed by atoms with E-state index in [0.29, 0.717) is 22.9 Å². The molecule has 0 aliphatic heterocycles. The molecular weight excluding hydrogens is 594 g/mol. The third kappa shape index (κ3) is 7.18. The van der Waals surface area contributed by atoms with Crippen LogP contribution in [-0.4, -0.2) is 54.1 Å². The molecule has 14 heteroatoms. The number of aliphatic carboxylic acids is 1. The largest absolute Gasteiger partial charge is 0.494 e. The highest BCUT2D eigenvalue weighted by Crippen LogP contribution is 2.31. The molecule has 3 aromatic carbocycles. The minimum Gasteiger partial charge on any atom is -0.494 e. The first-order valence-corrected chi connectivity index (χ1v) is 13.1. The molecule has 0 saturated carbocycles. The lowest BCUT2D eigenvalue weighted by atomic mass is 10.0. The molecule has 0 aliphatic carbocycles. The van der Waals surface area contributed by atoms with Crippen molar-refractivity contribution in [1.82, 2.24) is 29.7 Å². The number of pyridine rings is 1. The van der Waals surface area contributed by atoms with E-state index in [1.165, 1.54) is 13.2 Å². The van der Waals surface area contributed by atoms with E-state index >= 15 is 0 Å². The molecule has 6 rings (SSSR count). The van der Waals surface area contributed by atoms with E-state index in [-0.39, 0.29) is 5.75 Å². The molecule has 228 valence electrons. The summed E-state index contributed by atoms with van der Waals surface area (Å²) in [4.78, 5) is 26.8. The highest BCUT2D eigenvalue weighted by Gasteiger charge is 2.38. The number of hydrogen-bond acceptors (Lipinski definition) is 8. The van der Waals surface area contributed by atoms with E-state index in [2.05, 4.69) is 25.4 Å². The van der Waals surface area contributed by atoms with Gasteiger partial charge >= 0.3 is 12.1 Å². The zero-order valence-corrected chi connectivity index (χ0v) is 23.6.